The Morgan fingerprint density at radius 1 is 1.24 bits per heavy atom. The summed E-state index contributed by atoms with van der Waals surface area (Å²) in [5.74, 6) is 0.885. The molecular formula is C21H31BrIN5O. The van der Waals surface area contributed by atoms with Gasteiger partial charge in [-0.25, -0.2) is 0 Å². The fraction of sp³-hybridized carbons (Fsp3) is 0.476. The van der Waals surface area contributed by atoms with Crippen LogP contribution in [0.25, 0.3) is 0 Å². The van der Waals surface area contributed by atoms with Gasteiger partial charge < -0.3 is 19.5 Å². The number of hydrogen-bond donors (Lipinski definition) is 1. The van der Waals surface area contributed by atoms with Crippen LogP contribution in [0.1, 0.15) is 16.8 Å². The molecule has 0 bridgehead atoms. The van der Waals surface area contributed by atoms with Gasteiger partial charge in [0.05, 0.1) is 19.8 Å². The Labute approximate surface area is 199 Å². The Balaban J connectivity index is 0.00000300. The number of halogens is 2. The van der Waals surface area contributed by atoms with Gasteiger partial charge in [-0.05, 0) is 33.1 Å². The van der Waals surface area contributed by atoms with Crippen molar-refractivity contribution >= 4 is 45.9 Å². The van der Waals surface area contributed by atoms with Crippen molar-refractivity contribution in [1.82, 2.24) is 19.7 Å². The van der Waals surface area contributed by atoms with Crippen LogP contribution in [0.5, 0.6) is 0 Å². The SMILES string of the molecule is CN=C(NCc1cccc(CN2CCOCC2)c1)N(C)Cc1cc(Br)cn1C.I. The van der Waals surface area contributed by atoms with Gasteiger partial charge in [-0.1, -0.05) is 24.3 Å². The van der Waals surface area contributed by atoms with Gasteiger partial charge in [0.2, 0.25) is 0 Å². The van der Waals surface area contributed by atoms with E-state index in [0.29, 0.717) is 0 Å². The molecule has 0 saturated carbocycles. The topological polar surface area (TPSA) is 45.0 Å². The number of benzene rings is 1. The quantitative estimate of drug-likeness (QED) is 0.326. The highest BCUT2D eigenvalue weighted by Crippen LogP contribution is 2.15. The molecule has 1 N–H and O–H groups in total. The van der Waals surface area contributed by atoms with Gasteiger partial charge in [0.1, 0.15) is 0 Å². The second kappa shape index (κ2) is 11.9. The normalized spacial score (nSPS) is 15.1. The van der Waals surface area contributed by atoms with Crippen molar-refractivity contribution in [1.29, 1.82) is 0 Å². The third kappa shape index (κ3) is 7.27. The largest absolute Gasteiger partial charge is 0.379 e. The molecule has 0 amide bonds. The van der Waals surface area contributed by atoms with Crippen LogP contribution >= 0.6 is 39.9 Å². The number of nitrogens with one attached hydrogen (secondary N) is 1. The number of rotatable bonds is 6. The lowest BCUT2D eigenvalue weighted by Gasteiger charge is -2.26. The number of aryl methyl sites for hydroxylation is 1. The summed E-state index contributed by atoms with van der Waals surface area (Å²) in [5.41, 5.74) is 3.84. The molecule has 29 heavy (non-hydrogen) atoms. The van der Waals surface area contributed by atoms with Gasteiger partial charge in [-0.15, -0.1) is 24.0 Å². The van der Waals surface area contributed by atoms with Crippen molar-refractivity contribution in [2.75, 3.05) is 40.4 Å². The summed E-state index contributed by atoms with van der Waals surface area (Å²) in [4.78, 5) is 9.02. The van der Waals surface area contributed by atoms with E-state index >= 15 is 0 Å². The minimum absolute atomic E-state index is 0. The molecule has 2 aromatic rings. The van der Waals surface area contributed by atoms with E-state index in [4.69, 9.17) is 4.74 Å². The first-order chi connectivity index (χ1) is 13.5. The van der Waals surface area contributed by atoms with Gasteiger partial charge in [-0.2, -0.15) is 0 Å². The van der Waals surface area contributed by atoms with E-state index in [9.17, 15) is 0 Å². The average molecular weight is 576 g/mol. The molecule has 2 heterocycles. The Kier molecular flexibility index (Phi) is 9.94. The van der Waals surface area contributed by atoms with E-state index in [1.807, 2.05) is 7.05 Å². The fourth-order valence-corrected chi connectivity index (χ4v) is 4.03. The highest BCUT2D eigenvalue weighted by molar-refractivity contribution is 14.0. The standard InChI is InChI=1S/C21H30BrN5O.HI/c1-23-21(26(3)16-20-12-19(22)15-25(20)2)24-13-17-5-4-6-18(11-17)14-27-7-9-28-10-8-27;/h4-6,11-12,15H,7-10,13-14,16H2,1-3H3,(H,23,24);1H. The van der Waals surface area contributed by atoms with Crippen molar-refractivity contribution in [3.05, 3.63) is 57.8 Å². The van der Waals surface area contributed by atoms with Crippen LogP contribution in [0, 0.1) is 0 Å². The number of aliphatic imine (C=N–C) groups is 1. The molecule has 0 unspecified atom stereocenters. The number of morpholine rings is 1. The summed E-state index contributed by atoms with van der Waals surface area (Å²) < 4.78 is 8.66. The van der Waals surface area contributed by atoms with Crippen molar-refractivity contribution in [3.63, 3.8) is 0 Å². The molecule has 8 heteroatoms. The van der Waals surface area contributed by atoms with Crippen LogP contribution in [0.15, 0.2) is 46.0 Å². The summed E-state index contributed by atoms with van der Waals surface area (Å²) in [6.07, 6.45) is 2.07. The maximum Gasteiger partial charge on any atom is 0.194 e. The van der Waals surface area contributed by atoms with E-state index in [-0.39, 0.29) is 24.0 Å². The van der Waals surface area contributed by atoms with E-state index in [1.54, 1.807) is 0 Å². The molecule has 1 aromatic carbocycles. The third-order valence-electron chi connectivity index (χ3n) is 5.00. The van der Waals surface area contributed by atoms with E-state index < -0.39 is 0 Å². The van der Waals surface area contributed by atoms with E-state index in [0.717, 1.165) is 56.4 Å². The lowest BCUT2D eigenvalue weighted by Crippen LogP contribution is -2.38. The molecule has 3 rings (SSSR count). The first kappa shape index (κ1) is 24.2. The van der Waals surface area contributed by atoms with Crippen LogP contribution in [-0.4, -0.2) is 60.7 Å². The van der Waals surface area contributed by atoms with Crippen LogP contribution in [-0.2, 0) is 31.4 Å². The molecule has 0 aliphatic carbocycles. The molecule has 1 fully saturated rings. The Morgan fingerprint density at radius 3 is 2.62 bits per heavy atom. The molecule has 1 aliphatic rings. The van der Waals surface area contributed by atoms with Crippen LogP contribution in [0.3, 0.4) is 0 Å². The first-order valence-corrected chi connectivity index (χ1v) is 10.4. The monoisotopic (exact) mass is 575 g/mol. The highest BCUT2D eigenvalue weighted by Gasteiger charge is 2.12. The van der Waals surface area contributed by atoms with Crippen LogP contribution < -0.4 is 5.32 Å². The number of aromatic nitrogens is 1. The lowest BCUT2D eigenvalue weighted by molar-refractivity contribution is 0.0342. The summed E-state index contributed by atoms with van der Waals surface area (Å²) in [6, 6.07) is 10.9. The Bertz CT molecular complexity index is 804. The van der Waals surface area contributed by atoms with Gasteiger partial charge in [0, 0.05) is 63.7 Å². The summed E-state index contributed by atoms with van der Waals surface area (Å²) >= 11 is 3.53. The second-order valence-electron chi connectivity index (χ2n) is 7.23. The minimum Gasteiger partial charge on any atom is -0.379 e. The Morgan fingerprint density at radius 2 is 1.97 bits per heavy atom. The van der Waals surface area contributed by atoms with Crippen molar-refractivity contribution in [2.24, 2.45) is 12.0 Å². The fourth-order valence-electron chi connectivity index (χ4n) is 3.46. The molecule has 0 spiro atoms. The molecule has 0 atom stereocenters. The predicted octanol–water partition coefficient (Wildman–Crippen LogP) is 3.45. The Hall–Kier alpha value is -1.10. The maximum atomic E-state index is 5.44. The van der Waals surface area contributed by atoms with Crippen molar-refractivity contribution in [2.45, 2.75) is 19.6 Å². The van der Waals surface area contributed by atoms with Crippen LogP contribution in [0.4, 0.5) is 0 Å². The summed E-state index contributed by atoms with van der Waals surface area (Å²) in [5, 5.41) is 3.48. The van der Waals surface area contributed by atoms with Crippen LogP contribution in [0.2, 0.25) is 0 Å². The zero-order valence-corrected chi connectivity index (χ0v) is 21.3. The molecule has 1 saturated heterocycles. The zero-order valence-electron chi connectivity index (χ0n) is 17.4. The van der Waals surface area contributed by atoms with E-state index in [2.05, 4.69) is 91.2 Å². The molecular weight excluding hydrogens is 545 g/mol. The van der Waals surface area contributed by atoms with Crippen molar-refractivity contribution in [3.8, 4) is 0 Å². The van der Waals surface area contributed by atoms with Gasteiger partial charge in [0.15, 0.2) is 5.96 Å². The summed E-state index contributed by atoms with van der Waals surface area (Å²) in [7, 11) is 5.95. The first-order valence-electron chi connectivity index (χ1n) is 9.65. The van der Waals surface area contributed by atoms with Gasteiger partial charge in [-0.3, -0.25) is 9.89 Å². The van der Waals surface area contributed by atoms with Gasteiger partial charge in [0.25, 0.3) is 0 Å². The minimum atomic E-state index is 0. The zero-order chi connectivity index (χ0) is 19.9. The van der Waals surface area contributed by atoms with E-state index in [1.165, 1.54) is 16.8 Å². The number of guanidine groups is 1. The average Bonchev–Trinajstić information content (AvgIpc) is 3.00. The molecule has 160 valence electrons. The number of ether oxygens (including phenoxy) is 1. The predicted molar refractivity (Wildman–Crippen MR) is 133 cm³/mol. The lowest BCUT2D eigenvalue weighted by atomic mass is 10.1. The number of hydrogen-bond acceptors (Lipinski definition) is 3. The van der Waals surface area contributed by atoms with Crippen molar-refractivity contribution < 1.29 is 4.74 Å². The third-order valence-corrected chi connectivity index (χ3v) is 5.43. The number of nitrogens with zero attached hydrogens (tertiary/aromatic N) is 4. The summed E-state index contributed by atoms with van der Waals surface area (Å²) in [6.45, 7) is 6.21. The molecule has 1 aliphatic heterocycles. The molecule has 6 nitrogen and oxygen atoms in total. The second-order valence-corrected chi connectivity index (χ2v) is 8.14. The molecule has 1 aromatic heterocycles. The maximum absolute atomic E-state index is 5.44. The van der Waals surface area contributed by atoms with Gasteiger partial charge >= 0.3 is 0 Å². The smallest absolute Gasteiger partial charge is 0.194 e. The molecule has 0 radical (unpaired) electrons. The highest BCUT2D eigenvalue weighted by atomic mass is 127.